The average molecular weight is 224 g/mol. The number of rotatable bonds is 4. The first-order valence-electron chi connectivity index (χ1n) is 5.78. The Morgan fingerprint density at radius 3 is 2.59 bits per heavy atom. The molecule has 2 rings (SSSR count). The second-order valence-electron chi connectivity index (χ2n) is 3.85. The predicted octanol–water partition coefficient (Wildman–Crippen LogP) is 4.30. The van der Waals surface area contributed by atoms with Crippen LogP contribution in [0, 0.1) is 0 Å². The highest BCUT2D eigenvalue weighted by atomic mass is 16.5. The van der Waals surface area contributed by atoms with E-state index in [2.05, 4.69) is 24.3 Å². The van der Waals surface area contributed by atoms with Gasteiger partial charge in [-0.2, -0.15) is 0 Å². The van der Waals surface area contributed by atoms with Gasteiger partial charge in [-0.05, 0) is 30.2 Å². The highest BCUT2D eigenvalue weighted by molar-refractivity contribution is 5.51. The Hall–Kier alpha value is -2.02. The Bertz CT molecular complexity index is 486. The molecule has 0 bridgehead atoms. The smallest absolute Gasteiger partial charge is 0.120 e. The van der Waals surface area contributed by atoms with Crippen LogP contribution in [0.2, 0.25) is 0 Å². The first kappa shape index (κ1) is 11.5. The van der Waals surface area contributed by atoms with Crippen LogP contribution in [0.3, 0.4) is 0 Å². The van der Waals surface area contributed by atoms with Gasteiger partial charge in [0.1, 0.15) is 12.4 Å². The number of allylic oxidation sites excluding steroid dienone is 1. The summed E-state index contributed by atoms with van der Waals surface area (Å²) in [4.78, 5) is 0. The first-order valence-corrected chi connectivity index (χ1v) is 5.78. The van der Waals surface area contributed by atoms with Crippen molar-refractivity contribution < 1.29 is 4.74 Å². The van der Waals surface area contributed by atoms with Crippen LogP contribution in [0.5, 0.6) is 5.75 Å². The van der Waals surface area contributed by atoms with E-state index in [0.29, 0.717) is 6.61 Å². The van der Waals surface area contributed by atoms with Gasteiger partial charge in [0.25, 0.3) is 0 Å². The van der Waals surface area contributed by atoms with Crippen molar-refractivity contribution in [3.63, 3.8) is 0 Å². The van der Waals surface area contributed by atoms with Gasteiger partial charge < -0.3 is 4.74 Å². The summed E-state index contributed by atoms with van der Waals surface area (Å²) in [5.41, 5.74) is 2.35. The standard InChI is InChI=1S/C16H16O/c1-2-7-14-10-6-11-16(12-14)17-13-15-8-4-3-5-9-15/h2-12H,13H2,1H3/b7-2+. The summed E-state index contributed by atoms with van der Waals surface area (Å²) in [6, 6.07) is 18.3. The summed E-state index contributed by atoms with van der Waals surface area (Å²) in [7, 11) is 0. The molecule has 0 saturated carbocycles. The lowest BCUT2D eigenvalue weighted by Crippen LogP contribution is -1.94. The van der Waals surface area contributed by atoms with Crippen molar-refractivity contribution in [1.82, 2.24) is 0 Å². The summed E-state index contributed by atoms with van der Waals surface area (Å²) in [6.07, 6.45) is 4.09. The van der Waals surface area contributed by atoms with Crippen LogP contribution in [0.1, 0.15) is 18.1 Å². The fraction of sp³-hybridized carbons (Fsp3) is 0.125. The van der Waals surface area contributed by atoms with Crippen molar-refractivity contribution in [2.24, 2.45) is 0 Å². The quantitative estimate of drug-likeness (QED) is 0.752. The Balaban J connectivity index is 2.02. The molecule has 0 unspecified atom stereocenters. The zero-order valence-corrected chi connectivity index (χ0v) is 9.97. The van der Waals surface area contributed by atoms with Crippen LogP contribution >= 0.6 is 0 Å². The van der Waals surface area contributed by atoms with Crippen molar-refractivity contribution in [3.05, 3.63) is 71.8 Å². The van der Waals surface area contributed by atoms with Gasteiger partial charge in [0.2, 0.25) is 0 Å². The van der Waals surface area contributed by atoms with Gasteiger partial charge in [-0.15, -0.1) is 0 Å². The van der Waals surface area contributed by atoms with E-state index in [0.717, 1.165) is 11.3 Å². The molecule has 0 aromatic heterocycles. The maximum Gasteiger partial charge on any atom is 0.120 e. The van der Waals surface area contributed by atoms with Gasteiger partial charge in [-0.3, -0.25) is 0 Å². The molecule has 0 radical (unpaired) electrons. The fourth-order valence-corrected chi connectivity index (χ4v) is 1.64. The number of hydrogen-bond acceptors (Lipinski definition) is 1. The van der Waals surface area contributed by atoms with E-state index in [9.17, 15) is 0 Å². The Labute approximate surface area is 102 Å². The zero-order valence-electron chi connectivity index (χ0n) is 9.97. The maximum absolute atomic E-state index is 5.75. The third kappa shape index (κ3) is 3.49. The molecule has 0 aliphatic heterocycles. The molecule has 2 aromatic rings. The van der Waals surface area contributed by atoms with Gasteiger partial charge in [-0.25, -0.2) is 0 Å². The number of ether oxygens (including phenoxy) is 1. The van der Waals surface area contributed by atoms with Crippen molar-refractivity contribution in [3.8, 4) is 5.75 Å². The Morgan fingerprint density at radius 2 is 1.82 bits per heavy atom. The monoisotopic (exact) mass is 224 g/mol. The molecule has 0 heterocycles. The van der Waals surface area contributed by atoms with Crippen LogP contribution in [0.25, 0.3) is 6.08 Å². The van der Waals surface area contributed by atoms with E-state index in [4.69, 9.17) is 4.74 Å². The van der Waals surface area contributed by atoms with E-state index in [1.165, 1.54) is 5.56 Å². The molecule has 86 valence electrons. The summed E-state index contributed by atoms with van der Waals surface area (Å²) in [5, 5.41) is 0. The highest BCUT2D eigenvalue weighted by Gasteiger charge is 1.95. The Morgan fingerprint density at radius 1 is 1.00 bits per heavy atom. The van der Waals surface area contributed by atoms with E-state index < -0.39 is 0 Å². The second-order valence-corrected chi connectivity index (χ2v) is 3.85. The molecule has 1 nitrogen and oxygen atoms in total. The normalized spacial score (nSPS) is 10.6. The molecule has 17 heavy (non-hydrogen) atoms. The van der Waals surface area contributed by atoms with Crippen molar-refractivity contribution in [2.75, 3.05) is 0 Å². The van der Waals surface area contributed by atoms with Gasteiger partial charge in [0.15, 0.2) is 0 Å². The third-order valence-corrected chi connectivity index (χ3v) is 2.47. The molecule has 0 amide bonds. The molecule has 0 spiro atoms. The molecule has 1 heteroatoms. The maximum atomic E-state index is 5.75. The minimum Gasteiger partial charge on any atom is -0.489 e. The first-order chi connectivity index (χ1) is 8.38. The lowest BCUT2D eigenvalue weighted by Gasteiger charge is -2.06. The van der Waals surface area contributed by atoms with Crippen LogP contribution in [0.4, 0.5) is 0 Å². The van der Waals surface area contributed by atoms with E-state index in [1.54, 1.807) is 0 Å². The van der Waals surface area contributed by atoms with Gasteiger partial charge >= 0.3 is 0 Å². The summed E-state index contributed by atoms with van der Waals surface area (Å²) < 4.78 is 5.75. The number of hydrogen-bond donors (Lipinski definition) is 0. The molecule has 2 aromatic carbocycles. The lowest BCUT2D eigenvalue weighted by atomic mass is 10.2. The van der Waals surface area contributed by atoms with Crippen LogP contribution < -0.4 is 4.74 Å². The van der Waals surface area contributed by atoms with E-state index >= 15 is 0 Å². The minimum absolute atomic E-state index is 0.611. The van der Waals surface area contributed by atoms with Crippen molar-refractivity contribution in [2.45, 2.75) is 13.5 Å². The van der Waals surface area contributed by atoms with E-state index in [-0.39, 0.29) is 0 Å². The van der Waals surface area contributed by atoms with Crippen LogP contribution in [-0.2, 0) is 6.61 Å². The van der Waals surface area contributed by atoms with Gasteiger partial charge in [0, 0.05) is 0 Å². The molecular formula is C16H16O. The van der Waals surface area contributed by atoms with Gasteiger partial charge in [-0.1, -0.05) is 54.6 Å². The summed E-state index contributed by atoms with van der Waals surface area (Å²) in [5.74, 6) is 0.907. The molecule has 0 N–H and O–H groups in total. The summed E-state index contributed by atoms with van der Waals surface area (Å²) in [6.45, 7) is 2.62. The molecule has 0 aliphatic rings. The van der Waals surface area contributed by atoms with Crippen LogP contribution in [0.15, 0.2) is 60.7 Å². The predicted molar refractivity (Wildman–Crippen MR) is 71.9 cm³/mol. The molecule has 0 saturated heterocycles. The lowest BCUT2D eigenvalue weighted by molar-refractivity contribution is 0.306. The van der Waals surface area contributed by atoms with Gasteiger partial charge in [0.05, 0.1) is 0 Å². The largest absolute Gasteiger partial charge is 0.489 e. The SMILES string of the molecule is C/C=C/c1cccc(OCc2ccccc2)c1. The molecule has 0 fully saturated rings. The average Bonchev–Trinajstić information content (AvgIpc) is 2.39. The highest BCUT2D eigenvalue weighted by Crippen LogP contribution is 2.16. The minimum atomic E-state index is 0.611. The zero-order chi connectivity index (χ0) is 11.9. The molecule has 0 atom stereocenters. The van der Waals surface area contributed by atoms with E-state index in [1.807, 2.05) is 49.4 Å². The molecule has 0 aliphatic carbocycles. The number of benzene rings is 2. The second kappa shape index (κ2) is 5.90. The fourth-order valence-electron chi connectivity index (χ4n) is 1.64. The summed E-state index contributed by atoms with van der Waals surface area (Å²) >= 11 is 0. The van der Waals surface area contributed by atoms with Crippen molar-refractivity contribution in [1.29, 1.82) is 0 Å². The topological polar surface area (TPSA) is 9.23 Å². The van der Waals surface area contributed by atoms with Crippen LogP contribution in [-0.4, -0.2) is 0 Å². The Kier molecular flexibility index (Phi) is 3.98. The van der Waals surface area contributed by atoms with Crippen molar-refractivity contribution >= 4 is 6.08 Å². The third-order valence-electron chi connectivity index (χ3n) is 2.47. The molecular weight excluding hydrogens is 208 g/mol.